The second-order valence-corrected chi connectivity index (χ2v) is 8.13. The zero-order chi connectivity index (χ0) is 21.2. The minimum atomic E-state index is -0.755. The molecular formula is C22H32N4O4. The third-order valence-electron chi connectivity index (χ3n) is 5.97. The second-order valence-electron chi connectivity index (χ2n) is 8.13. The molecule has 3 rings (SSSR count). The van der Waals surface area contributed by atoms with Gasteiger partial charge in [0.2, 0.25) is 6.08 Å². The molecule has 1 heterocycles. The zero-order valence-corrected chi connectivity index (χ0v) is 17.4. The predicted octanol–water partition coefficient (Wildman–Crippen LogP) is 2.00. The fourth-order valence-electron chi connectivity index (χ4n) is 4.26. The summed E-state index contributed by atoms with van der Waals surface area (Å²) >= 11 is 0. The van der Waals surface area contributed by atoms with Gasteiger partial charge in [0.1, 0.15) is 0 Å². The van der Waals surface area contributed by atoms with Crippen molar-refractivity contribution < 1.29 is 19.4 Å². The summed E-state index contributed by atoms with van der Waals surface area (Å²) in [6.45, 7) is 4.49. The highest BCUT2D eigenvalue weighted by Gasteiger charge is 2.22. The van der Waals surface area contributed by atoms with Gasteiger partial charge in [-0.05, 0) is 48.8 Å². The molecular weight excluding hydrogens is 384 g/mol. The number of benzene rings is 1. The van der Waals surface area contributed by atoms with Crippen molar-refractivity contribution in [3.05, 3.63) is 29.8 Å². The Bertz CT molecular complexity index is 714. The van der Waals surface area contributed by atoms with Crippen LogP contribution in [-0.2, 0) is 9.53 Å². The number of rotatable bonds is 8. The number of urea groups is 1. The largest absolute Gasteiger partial charge is 0.387 e. The zero-order valence-electron chi connectivity index (χ0n) is 17.4. The van der Waals surface area contributed by atoms with Crippen LogP contribution in [0.3, 0.4) is 0 Å². The number of isocyanates is 1. The highest BCUT2D eigenvalue weighted by atomic mass is 16.5. The van der Waals surface area contributed by atoms with E-state index in [1.165, 1.54) is 0 Å². The van der Waals surface area contributed by atoms with Crippen LogP contribution in [0, 0.1) is 11.8 Å². The van der Waals surface area contributed by atoms with E-state index in [2.05, 4.69) is 20.5 Å². The van der Waals surface area contributed by atoms with Crippen molar-refractivity contribution in [1.82, 2.24) is 10.6 Å². The Hall–Kier alpha value is -2.41. The van der Waals surface area contributed by atoms with E-state index in [9.17, 15) is 14.7 Å². The maximum absolute atomic E-state index is 12.1. The summed E-state index contributed by atoms with van der Waals surface area (Å²) in [5.41, 5.74) is 1.89. The number of ether oxygens (including phenoxy) is 1. The topological polar surface area (TPSA) is 103 Å². The molecule has 0 radical (unpaired) electrons. The summed E-state index contributed by atoms with van der Waals surface area (Å²) in [5, 5.41) is 16.0. The van der Waals surface area contributed by atoms with E-state index in [0.29, 0.717) is 24.9 Å². The summed E-state index contributed by atoms with van der Waals surface area (Å²) in [6, 6.07) is 7.53. The molecule has 1 aromatic carbocycles. The van der Waals surface area contributed by atoms with Crippen LogP contribution in [0.25, 0.3) is 0 Å². The number of nitrogens with zero attached hydrogens (tertiary/aromatic N) is 2. The molecule has 1 aliphatic carbocycles. The molecule has 3 unspecified atom stereocenters. The molecule has 1 aliphatic heterocycles. The van der Waals surface area contributed by atoms with E-state index in [1.54, 1.807) is 6.08 Å². The molecule has 2 amide bonds. The van der Waals surface area contributed by atoms with Crippen molar-refractivity contribution in [3.63, 3.8) is 0 Å². The summed E-state index contributed by atoms with van der Waals surface area (Å²) in [5.74, 6) is 0.798. The number of hydrogen-bond acceptors (Lipinski definition) is 6. The van der Waals surface area contributed by atoms with Crippen LogP contribution in [0.1, 0.15) is 37.4 Å². The third-order valence-corrected chi connectivity index (χ3v) is 5.97. The van der Waals surface area contributed by atoms with Crippen LogP contribution >= 0.6 is 0 Å². The van der Waals surface area contributed by atoms with E-state index in [-0.39, 0.29) is 12.6 Å². The first kappa shape index (κ1) is 22.3. The molecule has 2 aliphatic rings. The van der Waals surface area contributed by atoms with Crippen molar-refractivity contribution in [2.45, 2.75) is 31.8 Å². The van der Waals surface area contributed by atoms with Crippen molar-refractivity contribution in [2.75, 3.05) is 50.8 Å². The molecule has 3 atom stereocenters. The molecule has 164 valence electrons. The van der Waals surface area contributed by atoms with E-state index in [4.69, 9.17) is 4.74 Å². The smallest absolute Gasteiger partial charge is 0.314 e. The van der Waals surface area contributed by atoms with E-state index in [0.717, 1.165) is 63.2 Å². The van der Waals surface area contributed by atoms with Gasteiger partial charge < -0.3 is 25.4 Å². The average Bonchev–Trinajstić information content (AvgIpc) is 2.81. The van der Waals surface area contributed by atoms with Gasteiger partial charge in [0, 0.05) is 31.9 Å². The lowest BCUT2D eigenvalue weighted by atomic mass is 9.81. The number of aliphatic imine (C=N–C) groups is 1. The monoisotopic (exact) mass is 416 g/mol. The normalized spacial score (nSPS) is 22.6. The number of aliphatic hydroxyl groups is 1. The number of morpholine rings is 1. The first-order valence-corrected chi connectivity index (χ1v) is 10.8. The minimum Gasteiger partial charge on any atom is -0.387 e. The molecule has 1 saturated heterocycles. The summed E-state index contributed by atoms with van der Waals surface area (Å²) in [7, 11) is 0. The van der Waals surface area contributed by atoms with Crippen LogP contribution in [0.15, 0.2) is 29.3 Å². The third kappa shape index (κ3) is 6.83. The van der Waals surface area contributed by atoms with Gasteiger partial charge in [-0.1, -0.05) is 18.6 Å². The standard InChI is InChI=1S/C22H32N4O4/c27-16-23-13-17-2-1-3-18(12-17)14-24-22(29)25-15-21(28)19-4-6-20(7-5-19)26-8-10-30-11-9-26/h4-7,17-18,21,28H,1-3,8-15H2,(H2,24,25,29). The van der Waals surface area contributed by atoms with Crippen molar-refractivity contribution in [1.29, 1.82) is 0 Å². The highest BCUT2D eigenvalue weighted by Crippen LogP contribution is 2.28. The second kappa shape index (κ2) is 11.7. The lowest BCUT2D eigenvalue weighted by Gasteiger charge is -2.29. The molecule has 1 aromatic rings. The van der Waals surface area contributed by atoms with Crippen molar-refractivity contribution in [2.24, 2.45) is 16.8 Å². The number of anilines is 1. The molecule has 1 saturated carbocycles. The van der Waals surface area contributed by atoms with Gasteiger partial charge in [-0.2, -0.15) is 0 Å². The fourth-order valence-corrected chi connectivity index (χ4v) is 4.26. The Labute approximate surface area is 177 Å². The van der Waals surface area contributed by atoms with Crippen LogP contribution < -0.4 is 15.5 Å². The van der Waals surface area contributed by atoms with Gasteiger partial charge in [-0.15, -0.1) is 0 Å². The van der Waals surface area contributed by atoms with Crippen molar-refractivity contribution >= 4 is 17.8 Å². The van der Waals surface area contributed by atoms with Crippen LogP contribution in [-0.4, -0.2) is 63.2 Å². The van der Waals surface area contributed by atoms with Crippen molar-refractivity contribution in [3.8, 4) is 0 Å². The molecule has 3 N–H and O–H groups in total. The highest BCUT2D eigenvalue weighted by molar-refractivity contribution is 5.73. The molecule has 0 bridgehead atoms. The van der Waals surface area contributed by atoms with Gasteiger partial charge in [0.25, 0.3) is 0 Å². The first-order valence-electron chi connectivity index (χ1n) is 10.8. The maximum Gasteiger partial charge on any atom is 0.314 e. The first-order chi connectivity index (χ1) is 14.7. The SMILES string of the molecule is O=C=NCC1CCCC(CNC(=O)NCC(O)c2ccc(N3CCOCC3)cc2)C1. The van der Waals surface area contributed by atoms with Crippen LogP contribution in [0.2, 0.25) is 0 Å². The Morgan fingerprint density at radius 3 is 2.67 bits per heavy atom. The number of hydrogen-bond donors (Lipinski definition) is 3. The Kier molecular flexibility index (Phi) is 8.68. The number of carbonyl (C=O) groups excluding carboxylic acids is 2. The lowest BCUT2D eigenvalue weighted by Crippen LogP contribution is -2.40. The number of nitrogens with one attached hydrogen (secondary N) is 2. The fraction of sp³-hybridized carbons (Fsp3) is 0.636. The van der Waals surface area contributed by atoms with E-state index in [1.807, 2.05) is 24.3 Å². The number of amides is 2. The van der Waals surface area contributed by atoms with Gasteiger partial charge in [0.15, 0.2) is 0 Å². The quantitative estimate of drug-likeness (QED) is 0.444. The van der Waals surface area contributed by atoms with Gasteiger partial charge in [-0.3, -0.25) is 0 Å². The summed E-state index contributed by atoms with van der Waals surface area (Å²) in [6.07, 6.45) is 5.04. The van der Waals surface area contributed by atoms with Crippen LogP contribution in [0.4, 0.5) is 10.5 Å². The minimum absolute atomic E-state index is 0.157. The maximum atomic E-state index is 12.1. The molecule has 2 fully saturated rings. The molecule has 0 aromatic heterocycles. The molecule has 8 heteroatoms. The summed E-state index contributed by atoms with van der Waals surface area (Å²) in [4.78, 5) is 28.3. The predicted molar refractivity (Wildman–Crippen MR) is 114 cm³/mol. The summed E-state index contributed by atoms with van der Waals surface area (Å²) < 4.78 is 5.37. The Morgan fingerprint density at radius 2 is 1.93 bits per heavy atom. The molecule has 8 nitrogen and oxygen atoms in total. The Balaban J connectivity index is 1.37. The van der Waals surface area contributed by atoms with E-state index < -0.39 is 6.10 Å². The molecule has 0 spiro atoms. The van der Waals surface area contributed by atoms with Crippen LogP contribution in [0.5, 0.6) is 0 Å². The number of carbonyl (C=O) groups is 1. The number of aliphatic hydroxyl groups excluding tert-OH is 1. The molecule has 30 heavy (non-hydrogen) atoms. The van der Waals surface area contributed by atoms with E-state index >= 15 is 0 Å². The lowest BCUT2D eigenvalue weighted by molar-refractivity contribution is 0.122. The van der Waals surface area contributed by atoms with Gasteiger partial charge >= 0.3 is 6.03 Å². The average molecular weight is 417 g/mol. The van der Waals surface area contributed by atoms with Gasteiger partial charge in [-0.25, -0.2) is 14.6 Å². The van der Waals surface area contributed by atoms with Gasteiger partial charge in [0.05, 0.1) is 25.9 Å². The Morgan fingerprint density at radius 1 is 1.20 bits per heavy atom.